The Labute approximate surface area is 178 Å². The Hall–Kier alpha value is -2.46. The Kier molecular flexibility index (Phi) is 6.43. The third kappa shape index (κ3) is 4.31. The van der Waals surface area contributed by atoms with Gasteiger partial charge in [0.2, 0.25) is 0 Å². The first-order valence-electron chi connectivity index (χ1n) is 9.96. The van der Waals surface area contributed by atoms with Crippen molar-refractivity contribution >= 4 is 32.7 Å². The Morgan fingerprint density at radius 1 is 1.03 bits per heavy atom. The molecule has 3 rings (SSSR count). The van der Waals surface area contributed by atoms with E-state index in [1.807, 2.05) is 0 Å². The van der Waals surface area contributed by atoms with E-state index in [0.29, 0.717) is 16.7 Å². The number of unbranched alkanes of at least 4 members (excludes halogenated alkanes) is 1. The zero-order valence-corrected chi connectivity index (χ0v) is 17.8. The third-order valence-corrected chi connectivity index (χ3v) is 6.38. The number of nitrogens with zero attached hydrogens (tertiary/aromatic N) is 1. The van der Waals surface area contributed by atoms with Crippen LogP contribution in [0.1, 0.15) is 65.8 Å². The van der Waals surface area contributed by atoms with Crippen molar-refractivity contribution in [1.29, 1.82) is 0 Å². The van der Waals surface area contributed by atoms with Crippen LogP contribution in [0.4, 0.5) is 13.2 Å². The van der Waals surface area contributed by atoms with Gasteiger partial charge in [-0.25, -0.2) is 0 Å². The van der Waals surface area contributed by atoms with Crippen molar-refractivity contribution in [3.63, 3.8) is 0 Å². The fourth-order valence-electron chi connectivity index (χ4n) is 3.77. The second kappa shape index (κ2) is 8.58. The van der Waals surface area contributed by atoms with Gasteiger partial charge in [0, 0.05) is 5.39 Å². The molecular weight excluding hydrogens is 435 g/mol. The maximum atomic E-state index is 12.7. The molecule has 0 saturated heterocycles. The fraction of sp³-hybridized carbons (Fsp3) is 0.429. The molecule has 0 saturated carbocycles. The van der Waals surface area contributed by atoms with Crippen LogP contribution < -0.4 is 0 Å². The van der Waals surface area contributed by atoms with Crippen molar-refractivity contribution < 1.29 is 35.5 Å². The average Bonchev–Trinajstić information content (AvgIpc) is 2.72. The van der Waals surface area contributed by atoms with Gasteiger partial charge in [0.05, 0.1) is 11.1 Å². The van der Waals surface area contributed by atoms with E-state index in [-0.39, 0.29) is 16.2 Å². The second-order valence-electron chi connectivity index (χ2n) is 7.50. The molecule has 31 heavy (non-hydrogen) atoms. The number of hydrogen-bond donors (Lipinski definition) is 0. The van der Waals surface area contributed by atoms with Gasteiger partial charge in [-0.05, 0) is 35.4 Å². The first kappa shape index (κ1) is 23.2. The molecule has 0 N–H and O–H groups in total. The van der Waals surface area contributed by atoms with Crippen molar-refractivity contribution in [2.24, 2.45) is 5.92 Å². The predicted octanol–water partition coefficient (Wildman–Crippen LogP) is 4.98. The molecule has 0 aliphatic carbocycles. The third-order valence-electron chi connectivity index (χ3n) is 5.47. The lowest BCUT2D eigenvalue weighted by atomic mass is 9.86. The SMILES string of the molecule is CCCCC(CC)Cc1ccc2c3c(cccc13)C(=O)N(OS(=O)(=O)C(F)(F)F)C2=O. The van der Waals surface area contributed by atoms with Crippen LogP contribution in [0.5, 0.6) is 0 Å². The van der Waals surface area contributed by atoms with Gasteiger partial charge in [-0.3, -0.25) is 9.59 Å². The van der Waals surface area contributed by atoms with Gasteiger partial charge < -0.3 is 0 Å². The van der Waals surface area contributed by atoms with E-state index in [1.165, 1.54) is 12.1 Å². The zero-order valence-electron chi connectivity index (χ0n) is 17.0. The van der Waals surface area contributed by atoms with E-state index < -0.39 is 27.4 Å². The van der Waals surface area contributed by atoms with Gasteiger partial charge in [-0.1, -0.05) is 57.7 Å². The fourth-order valence-corrected chi connectivity index (χ4v) is 4.19. The summed E-state index contributed by atoms with van der Waals surface area (Å²) < 4.78 is 64.7. The molecule has 0 aromatic heterocycles. The van der Waals surface area contributed by atoms with Crippen LogP contribution in [-0.4, -0.2) is 30.8 Å². The van der Waals surface area contributed by atoms with Crippen molar-refractivity contribution in [3.05, 3.63) is 47.0 Å². The van der Waals surface area contributed by atoms with Crippen molar-refractivity contribution in [2.45, 2.75) is 51.5 Å². The van der Waals surface area contributed by atoms with Gasteiger partial charge in [0.25, 0.3) is 11.8 Å². The highest BCUT2D eigenvalue weighted by atomic mass is 32.2. The summed E-state index contributed by atoms with van der Waals surface area (Å²) in [5, 5.41) is 0.602. The highest BCUT2D eigenvalue weighted by molar-refractivity contribution is 7.87. The number of alkyl halides is 3. The number of carbonyl (C=O) groups excluding carboxylic acids is 2. The lowest BCUT2D eigenvalue weighted by Gasteiger charge is -2.26. The molecular formula is C21H22F3NO5S. The summed E-state index contributed by atoms with van der Waals surface area (Å²) in [5.74, 6) is -2.11. The van der Waals surface area contributed by atoms with Crippen molar-refractivity contribution in [1.82, 2.24) is 5.06 Å². The van der Waals surface area contributed by atoms with Crippen molar-refractivity contribution in [3.8, 4) is 0 Å². The summed E-state index contributed by atoms with van der Waals surface area (Å²) in [4.78, 5) is 25.4. The van der Waals surface area contributed by atoms with Crippen LogP contribution in [0.25, 0.3) is 10.8 Å². The summed E-state index contributed by atoms with van der Waals surface area (Å²) >= 11 is 0. The van der Waals surface area contributed by atoms with E-state index in [4.69, 9.17) is 0 Å². The lowest BCUT2D eigenvalue weighted by molar-refractivity contribution is -0.0761. The Balaban J connectivity index is 2.04. The van der Waals surface area contributed by atoms with Crippen LogP contribution in [-0.2, 0) is 20.8 Å². The minimum absolute atomic E-state index is 0.0899. The summed E-state index contributed by atoms with van der Waals surface area (Å²) in [6.45, 7) is 4.20. The number of hydroxylamine groups is 2. The topological polar surface area (TPSA) is 80.8 Å². The molecule has 6 nitrogen and oxygen atoms in total. The Bertz CT molecular complexity index is 1110. The highest BCUT2D eigenvalue weighted by Gasteiger charge is 2.51. The monoisotopic (exact) mass is 457 g/mol. The van der Waals surface area contributed by atoms with Crippen LogP contribution in [0.15, 0.2) is 30.3 Å². The molecule has 0 radical (unpaired) electrons. The van der Waals surface area contributed by atoms with Crippen molar-refractivity contribution in [2.75, 3.05) is 0 Å². The van der Waals surface area contributed by atoms with Gasteiger partial charge in [-0.2, -0.15) is 21.6 Å². The molecule has 2 aromatic carbocycles. The molecule has 1 atom stereocenters. The number of benzene rings is 2. The maximum Gasteiger partial charge on any atom is 0.525 e. The standard InChI is InChI=1S/C21H22F3NO5S/c1-3-5-7-13(4-2)12-14-10-11-17-18-15(14)8-6-9-16(18)19(26)25(20(17)27)30-31(28,29)21(22,23)24/h6,8-11,13H,3-5,7,12H2,1-2H3. The highest BCUT2D eigenvalue weighted by Crippen LogP contribution is 2.35. The summed E-state index contributed by atoms with van der Waals surface area (Å²) in [5.41, 5.74) is -5.04. The van der Waals surface area contributed by atoms with Gasteiger partial charge >= 0.3 is 15.6 Å². The van der Waals surface area contributed by atoms with E-state index >= 15 is 0 Å². The normalized spacial score (nSPS) is 15.6. The molecule has 0 fully saturated rings. The lowest BCUT2D eigenvalue weighted by Crippen LogP contribution is -2.44. The molecule has 1 heterocycles. The number of hydrogen-bond acceptors (Lipinski definition) is 5. The average molecular weight is 457 g/mol. The Morgan fingerprint density at radius 3 is 2.26 bits per heavy atom. The molecule has 1 aliphatic rings. The van der Waals surface area contributed by atoms with E-state index in [1.54, 1.807) is 18.2 Å². The smallest absolute Gasteiger partial charge is 0.266 e. The number of carbonyl (C=O) groups is 2. The molecule has 0 bridgehead atoms. The number of amides is 2. The van der Waals surface area contributed by atoms with Crippen LogP contribution in [0.3, 0.4) is 0 Å². The van der Waals surface area contributed by atoms with Crippen LogP contribution in [0, 0.1) is 5.92 Å². The minimum Gasteiger partial charge on any atom is -0.266 e. The molecule has 168 valence electrons. The van der Waals surface area contributed by atoms with Gasteiger partial charge in [0.1, 0.15) is 0 Å². The number of halogens is 3. The number of rotatable bonds is 8. The van der Waals surface area contributed by atoms with E-state index in [0.717, 1.165) is 37.7 Å². The Morgan fingerprint density at radius 2 is 1.68 bits per heavy atom. The quantitative estimate of drug-likeness (QED) is 0.413. The minimum atomic E-state index is -6.19. The summed E-state index contributed by atoms with van der Waals surface area (Å²) in [6, 6.07) is 7.71. The zero-order chi connectivity index (χ0) is 23.0. The van der Waals surface area contributed by atoms with Crippen LogP contribution >= 0.6 is 0 Å². The molecule has 10 heteroatoms. The maximum absolute atomic E-state index is 12.7. The largest absolute Gasteiger partial charge is 0.525 e. The first-order chi connectivity index (χ1) is 14.5. The van der Waals surface area contributed by atoms with Gasteiger partial charge in [0.15, 0.2) is 0 Å². The molecule has 0 spiro atoms. The summed E-state index contributed by atoms with van der Waals surface area (Å²) in [6.07, 6.45) is 4.86. The summed E-state index contributed by atoms with van der Waals surface area (Å²) in [7, 11) is -6.19. The first-order valence-corrected chi connectivity index (χ1v) is 11.4. The van der Waals surface area contributed by atoms with Gasteiger partial charge in [-0.15, -0.1) is 9.35 Å². The predicted molar refractivity (Wildman–Crippen MR) is 108 cm³/mol. The van der Waals surface area contributed by atoms with E-state index in [2.05, 4.69) is 18.1 Å². The molecule has 2 aromatic rings. The second-order valence-corrected chi connectivity index (χ2v) is 9.02. The molecule has 2 amide bonds. The number of imide groups is 1. The molecule has 1 unspecified atom stereocenters. The van der Waals surface area contributed by atoms with Crippen LogP contribution in [0.2, 0.25) is 0 Å². The molecule has 1 aliphatic heterocycles. The van der Waals surface area contributed by atoms with E-state index in [9.17, 15) is 31.2 Å².